The maximum Gasteiger partial charge on any atom is 0.323 e. The Labute approximate surface area is 116 Å². The van der Waals surface area contributed by atoms with E-state index in [2.05, 4.69) is 25.4 Å². The molecule has 0 spiro atoms. The summed E-state index contributed by atoms with van der Waals surface area (Å²) in [6.07, 6.45) is 5.88. The second-order valence-electron chi connectivity index (χ2n) is 3.82. The van der Waals surface area contributed by atoms with E-state index in [4.69, 9.17) is 15.3 Å². The van der Waals surface area contributed by atoms with E-state index < -0.39 is 0 Å². The molecule has 0 amide bonds. The van der Waals surface area contributed by atoms with Gasteiger partial charge >= 0.3 is 6.01 Å². The molecule has 0 unspecified atom stereocenters. The molecule has 0 saturated carbocycles. The average molecular weight is 279 g/mol. The van der Waals surface area contributed by atoms with Gasteiger partial charge in [0.25, 0.3) is 0 Å². The van der Waals surface area contributed by atoms with Crippen LogP contribution in [0.1, 0.15) is 13.3 Å². The Kier molecular flexibility index (Phi) is 5.21. The maximum atomic E-state index is 5.42. The van der Waals surface area contributed by atoms with E-state index in [1.165, 1.54) is 0 Å². The van der Waals surface area contributed by atoms with E-state index in [9.17, 15) is 0 Å². The lowest BCUT2D eigenvalue weighted by Crippen LogP contribution is -2.15. The first-order chi connectivity index (χ1) is 9.83. The molecule has 2 rings (SSSR count). The first kappa shape index (κ1) is 14.2. The van der Waals surface area contributed by atoms with Crippen LogP contribution in [0.3, 0.4) is 0 Å². The molecule has 0 aliphatic rings. The molecular formula is C11H17N7O2. The van der Waals surface area contributed by atoms with Gasteiger partial charge in [-0.15, -0.1) is 0 Å². The lowest BCUT2D eigenvalue weighted by Gasteiger charge is -2.08. The summed E-state index contributed by atoms with van der Waals surface area (Å²) in [6.45, 7) is 3.59. The Morgan fingerprint density at radius 1 is 1.25 bits per heavy atom. The molecule has 0 aromatic carbocycles. The number of hydrogen-bond acceptors (Lipinski definition) is 8. The minimum Gasteiger partial charge on any atom is -0.461 e. The standard InChI is InChI=1S/C11H17N7O2/c1-2-5-19-6-7-20-11-15-9(17-12)14-10(16-11)18-4-3-13-8-18/h3-4,8H,2,5-7,12H2,1H3,(H,14,15,16,17). The van der Waals surface area contributed by atoms with Crippen molar-refractivity contribution in [3.63, 3.8) is 0 Å². The van der Waals surface area contributed by atoms with Gasteiger partial charge in [0.1, 0.15) is 12.9 Å². The molecule has 2 aromatic heterocycles. The highest BCUT2D eigenvalue weighted by Crippen LogP contribution is 2.10. The van der Waals surface area contributed by atoms with Crippen molar-refractivity contribution in [2.45, 2.75) is 13.3 Å². The van der Waals surface area contributed by atoms with Gasteiger partial charge in [0.15, 0.2) is 0 Å². The van der Waals surface area contributed by atoms with E-state index >= 15 is 0 Å². The van der Waals surface area contributed by atoms with Crippen LogP contribution in [0.2, 0.25) is 0 Å². The Bertz CT molecular complexity index is 517. The number of ether oxygens (including phenoxy) is 2. The fraction of sp³-hybridized carbons (Fsp3) is 0.455. The third kappa shape index (κ3) is 3.87. The Hall–Kier alpha value is -2.26. The average Bonchev–Trinajstić information content (AvgIpc) is 3.01. The van der Waals surface area contributed by atoms with Gasteiger partial charge in [0.2, 0.25) is 11.9 Å². The van der Waals surface area contributed by atoms with Crippen LogP contribution < -0.4 is 16.0 Å². The number of imidazole rings is 1. The van der Waals surface area contributed by atoms with Crippen LogP contribution >= 0.6 is 0 Å². The number of nitrogens with zero attached hydrogens (tertiary/aromatic N) is 5. The van der Waals surface area contributed by atoms with Crippen molar-refractivity contribution in [1.29, 1.82) is 0 Å². The molecule has 20 heavy (non-hydrogen) atoms. The number of anilines is 1. The fourth-order valence-electron chi connectivity index (χ4n) is 1.41. The third-order valence-corrected chi connectivity index (χ3v) is 2.27. The molecule has 0 saturated heterocycles. The molecule has 0 atom stereocenters. The smallest absolute Gasteiger partial charge is 0.323 e. The highest BCUT2D eigenvalue weighted by Gasteiger charge is 2.08. The molecule has 0 aliphatic carbocycles. The second kappa shape index (κ2) is 7.36. The van der Waals surface area contributed by atoms with Crippen LogP contribution in [0.4, 0.5) is 5.95 Å². The fourth-order valence-corrected chi connectivity index (χ4v) is 1.41. The predicted octanol–water partition coefficient (Wildman–Crippen LogP) is 0.148. The maximum absolute atomic E-state index is 5.42. The molecule has 9 nitrogen and oxygen atoms in total. The molecule has 0 radical (unpaired) electrons. The van der Waals surface area contributed by atoms with Crippen LogP contribution in [0.25, 0.3) is 5.95 Å². The molecule has 0 bridgehead atoms. The number of hydrogen-bond donors (Lipinski definition) is 2. The molecule has 0 fully saturated rings. The molecular weight excluding hydrogens is 262 g/mol. The second-order valence-corrected chi connectivity index (χ2v) is 3.82. The summed E-state index contributed by atoms with van der Waals surface area (Å²) in [5.41, 5.74) is 2.37. The summed E-state index contributed by atoms with van der Waals surface area (Å²) in [5.74, 6) is 5.91. The summed E-state index contributed by atoms with van der Waals surface area (Å²) in [7, 11) is 0. The summed E-state index contributed by atoms with van der Waals surface area (Å²) in [4.78, 5) is 16.2. The monoisotopic (exact) mass is 279 g/mol. The van der Waals surface area contributed by atoms with Gasteiger partial charge in [-0.25, -0.2) is 10.8 Å². The van der Waals surface area contributed by atoms with Gasteiger partial charge in [-0.2, -0.15) is 15.0 Å². The topological polar surface area (TPSA) is 113 Å². The number of nitrogen functional groups attached to an aromatic ring is 1. The SMILES string of the molecule is CCCOCCOc1nc(NN)nc(-n2ccnc2)n1. The normalized spacial score (nSPS) is 10.5. The number of rotatable bonds is 8. The third-order valence-electron chi connectivity index (χ3n) is 2.27. The zero-order valence-electron chi connectivity index (χ0n) is 11.2. The van der Waals surface area contributed by atoms with E-state index in [0.29, 0.717) is 25.8 Å². The van der Waals surface area contributed by atoms with Crippen LogP contribution in [-0.4, -0.2) is 44.3 Å². The Balaban J connectivity index is 2.03. The van der Waals surface area contributed by atoms with Gasteiger partial charge in [-0.3, -0.25) is 9.99 Å². The van der Waals surface area contributed by atoms with Crippen molar-refractivity contribution in [2.24, 2.45) is 5.84 Å². The summed E-state index contributed by atoms with van der Waals surface area (Å²) in [5, 5.41) is 0. The van der Waals surface area contributed by atoms with Crippen LogP contribution in [0.5, 0.6) is 6.01 Å². The van der Waals surface area contributed by atoms with Crippen molar-refractivity contribution < 1.29 is 9.47 Å². The Morgan fingerprint density at radius 2 is 2.15 bits per heavy atom. The number of hydrazine groups is 1. The molecule has 2 heterocycles. The van der Waals surface area contributed by atoms with Crippen molar-refractivity contribution in [3.05, 3.63) is 18.7 Å². The number of nitrogens with one attached hydrogen (secondary N) is 1. The summed E-state index contributed by atoms with van der Waals surface area (Å²) < 4.78 is 12.4. The molecule has 0 aliphatic heterocycles. The largest absolute Gasteiger partial charge is 0.461 e. The zero-order valence-corrected chi connectivity index (χ0v) is 11.2. The van der Waals surface area contributed by atoms with Crippen molar-refractivity contribution in [3.8, 4) is 12.0 Å². The first-order valence-electron chi connectivity index (χ1n) is 6.25. The van der Waals surface area contributed by atoms with E-state index in [1.54, 1.807) is 23.3 Å². The van der Waals surface area contributed by atoms with Crippen molar-refractivity contribution >= 4 is 5.95 Å². The van der Waals surface area contributed by atoms with Crippen molar-refractivity contribution in [1.82, 2.24) is 24.5 Å². The van der Waals surface area contributed by atoms with E-state index in [1.807, 2.05) is 6.92 Å². The number of aromatic nitrogens is 5. The zero-order chi connectivity index (χ0) is 14.2. The highest BCUT2D eigenvalue weighted by molar-refractivity contribution is 5.28. The minimum atomic E-state index is 0.178. The quantitative estimate of drug-likeness (QED) is 0.399. The first-order valence-corrected chi connectivity index (χ1v) is 6.25. The van der Waals surface area contributed by atoms with Crippen LogP contribution in [0.15, 0.2) is 18.7 Å². The van der Waals surface area contributed by atoms with Crippen LogP contribution in [-0.2, 0) is 4.74 Å². The van der Waals surface area contributed by atoms with E-state index in [-0.39, 0.29) is 12.0 Å². The number of nitrogens with two attached hydrogens (primary N) is 1. The van der Waals surface area contributed by atoms with Gasteiger partial charge in [-0.1, -0.05) is 6.92 Å². The molecule has 9 heteroatoms. The highest BCUT2D eigenvalue weighted by atomic mass is 16.5. The Morgan fingerprint density at radius 3 is 2.85 bits per heavy atom. The van der Waals surface area contributed by atoms with Gasteiger partial charge in [0, 0.05) is 19.0 Å². The molecule has 108 valence electrons. The lowest BCUT2D eigenvalue weighted by atomic mass is 10.5. The van der Waals surface area contributed by atoms with Crippen LogP contribution in [0, 0.1) is 0 Å². The summed E-state index contributed by atoms with van der Waals surface area (Å²) in [6, 6.07) is 0.178. The summed E-state index contributed by atoms with van der Waals surface area (Å²) >= 11 is 0. The lowest BCUT2D eigenvalue weighted by molar-refractivity contribution is 0.0971. The minimum absolute atomic E-state index is 0.178. The van der Waals surface area contributed by atoms with Crippen molar-refractivity contribution in [2.75, 3.05) is 25.2 Å². The predicted molar refractivity (Wildman–Crippen MR) is 71.4 cm³/mol. The molecule has 2 aromatic rings. The van der Waals surface area contributed by atoms with Gasteiger partial charge in [0.05, 0.1) is 6.61 Å². The molecule has 3 N–H and O–H groups in total. The van der Waals surface area contributed by atoms with Gasteiger partial charge < -0.3 is 9.47 Å². The van der Waals surface area contributed by atoms with E-state index in [0.717, 1.165) is 6.42 Å². The van der Waals surface area contributed by atoms with Gasteiger partial charge in [-0.05, 0) is 6.42 Å².